The molecule has 3 heterocycles. The summed E-state index contributed by atoms with van der Waals surface area (Å²) in [5.41, 5.74) is 4.66. The smallest absolute Gasteiger partial charge is 0.163 e. The number of carbonyl (C=O) groups is 1. The standard InChI is InChI=1S/C39H33ClN4O5/c1-39(2)18-32(45)38-36(19-39)49-34-15-22-5-8-27(13-24(22)14-29(34)37(38)23-6-10-33(46-3)35(16-23)47-4)48-21-26-20-44(43-42-26)31-11-12-41-30-17-25(40)7-9-28(30)31/h5-17,20,37H,18-19,21H2,1-4H3. The highest BCUT2D eigenvalue weighted by Crippen LogP contribution is 2.51. The molecule has 0 spiro atoms. The molecule has 10 heteroatoms. The average Bonchev–Trinajstić information content (AvgIpc) is 3.56. The predicted molar refractivity (Wildman–Crippen MR) is 187 cm³/mol. The van der Waals surface area contributed by atoms with Gasteiger partial charge in [0.1, 0.15) is 29.6 Å². The van der Waals surface area contributed by atoms with Gasteiger partial charge in [0, 0.05) is 46.5 Å². The second-order valence-electron chi connectivity index (χ2n) is 13.3. The van der Waals surface area contributed by atoms with Crippen LogP contribution in [-0.2, 0) is 11.4 Å². The number of fused-ring (bicyclic) bond motifs is 3. The van der Waals surface area contributed by atoms with Gasteiger partial charge in [-0.25, -0.2) is 4.68 Å². The lowest BCUT2D eigenvalue weighted by molar-refractivity contribution is -0.118. The van der Waals surface area contributed by atoms with E-state index in [4.69, 9.17) is 30.5 Å². The highest BCUT2D eigenvalue weighted by Gasteiger charge is 2.42. The minimum Gasteiger partial charge on any atom is -0.493 e. The molecule has 0 bridgehead atoms. The second kappa shape index (κ2) is 11.9. The average molecular weight is 673 g/mol. The molecule has 0 fully saturated rings. The summed E-state index contributed by atoms with van der Waals surface area (Å²) in [7, 11) is 3.23. The van der Waals surface area contributed by atoms with E-state index in [0.717, 1.165) is 50.0 Å². The number of hydrogen-bond acceptors (Lipinski definition) is 8. The van der Waals surface area contributed by atoms with Crippen LogP contribution in [-0.4, -0.2) is 40.0 Å². The number of methoxy groups -OCH3 is 2. The third-order valence-corrected chi connectivity index (χ3v) is 9.48. The number of nitrogens with zero attached hydrogens (tertiary/aromatic N) is 4. The van der Waals surface area contributed by atoms with E-state index in [1.54, 1.807) is 25.1 Å². The maximum atomic E-state index is 13.8. The number of ketones is 1. The summed E-state index contributed by atoms with van der Waals surface area (Å²) in [5.74, 6) is 3.17. The third kappa shape index (κ3) is 5.64. The first-order valence-electron chi connectivity index (χ1n) is 16.0. The molecule has 246 valence electrons. The highest BCUT2D eigenvalue weighted by atomic mass is 35.5. The Morgan fingerprint density at radius 3 is 2.63 bits per heavy atom. The summed E-state index contributed by atoms with van der Waals surface area (Å²) < 4.78 is 25.7. The quantitative estimate of drug-likeness (QED) is 0.167. The third-order valence-electron chi connectivity index (χ3n) is 9.25. The zero-order chi connectivity index (χ0) is 33.9. The summed E-state index contributed by atoms with van der Waals surface area (Å²) in [5, 5.41) is 12.2. The number of allylic oxidation sites excluding steroid dienone is 2. The molecular weight excluding hydrogens is 640 g/mol. The predicted octanol–water partition coefficient (Wildman–Crippen LogP) is 8.39. The van der Waals surface area contributed by atoms with E-state index < -0.39 is 0 Å². The van der Waals surface area contributed by atoms with Gasteiger partial charge in [-0.1, -0.05) is 42.8 Å². The van der Waals surface area contributed by atoms with Crippen molar-refractivity contribution in [1.29, 1.82) is 0 Å². The van der Waals surface area contributed by atoms with Crippen LogP contribution in [0.4, 0.5) is 0 Å². The van der Waals surface area contributed by atoms with E-state index in [1.807, 2.05) is 66.9 Å². The van der Waals surface area contributed by atoms with Gasteiger partial charge in [-0.2, -0.15) is 0 Å². The molecule has 1 unspecified atom stereocenters. The van der Waals surface area contributed by atoms with E-state index in [-0.39, 0.29) is 23.7 Å². The number of Topliss-reactive ketones (excluding diaryl/α,β-unsaturated/α-hetero) is 1. The van der Waals surface area contributed by atoms with Crippen LogP contribution in [0, 0.1) is 5.41 Å². The molecule has 1 atom stereocenters. The lowest BCUT2D eigenvalue weighted by atomic mass is 9.70. The van der Waals surface area contributed by atoms with E-state index in [9.17, 15) is 4.79 Å². The molecule has 9 nitrogen and oxygen atoms in total. The van der Waals surface area contributed by atoms with E-state index >= 15 is 0 Å². The van der Waals surface area contributed by atoms with Crippen LogP contribution in [0.25, 0.3) is 27.4 Å². The number of ether oxygens (including phenoxy) is 4. The SMILES string of the molecule is COc1ccc(C2C3=C(CC(C)(C)CC3=O)Oc3cc4ccc(OCc5cn(-c6ccnc7cc(Cl)ccc67)nn5)cc4cc32)cc1OC. The molecule has 0 saturated heterocycles. The van der Waals surface area contributed by atoms with Crippen LogP contribution in [0.3, 0.4) is 0 Å². The van der Waals surface area contributed by atoms with Gasteiger partial charge in [0.15, 0.2) is 17.3 Å². The normalized spacial score (nSPS) is 16.7. The van der Waals surface area contributed by atoms with E-state index in [2.05, 4.69) is 41.3 Å². The summed E-state index contributed by atoms with van der Waals surface area (Å²) in [4.78, 5) is 18.2. The fourth-order valence-corrected chi connectivity index (χ4v) is 7.15. The Kier molecular flexibility index (Phi) is 7.52. The van der Waals surface area contributed by atoms with Crippen LogP contribution in [0.5, 0.6) is 23.0 Å². The summed E-state index contributed by atoms with van der Waals surface area (Å²) in [6.07, 6.45) is 4.71. The van der Waals surface area contributed by atoms with Crippen LogP contribution in [0.15, 0.2) is 96.5 Å². The van der Waals surface area contributed by atoms with Crippen molar-refractivity contribution in [2.24, 2.45) is 5.41 Å². The Labute approximate surface area is 288 Å². The number of pyridine rings is 1. The zero-order valence-electron chi connectivity index (χ0n) is 27.5. The summed E-state index contributed by atoms with van der Waals surface area (Å²) >= 11 is 6.17. The first-order chi connectivity index (χ1) is 23.7. The molecule has 4 aromatic carbocycles. The number of halogens is 1. The fourth-order valence-electron chi connectivity index (χ4n) is 6.98. The summed E-state index contributed by atoms with van der Waals surface area (Å²) in [6.45, 7) is 4.45. The zero-order valence-corrected chi connectivity index (χ0v) is 28.2. The molecule has 1 aliphatic heterocycles. The topological polar surface area (TPSA) is 97.6 Å². The Bertz CT molecular complexity index is 2330. The van der Waals surface area contributed by atoms with Crippen molar-refractivity contribution in [3.63, 3.8) is 0 Å². The number of aromatic nitrogens is 4. The molecule has 0 N–H and O–H groups in total. The summed E-state index contributed by atoms with van der Waals surface area (Å²) in [6, 6.07) is 23.4. The molecule has 2 aromatic heterocycles. The van der Waals surface area contributed by atoms with Gasteiger partial charge in [-0.3, -0.25) is 9.78 Å². The first kappa shape index (κ1) is 30.9. The van der Waals surface area contributed by atoms with Crippen molar-refractivity contribution in [1.82, 2.24) is 20.0 Å². The van der Waals surface area contributed by atoms with Crippen molar-refractivity contribution in [3.05, 3.63) is 118 Å². The second-order valence-corrected chi connectivity index (χ2v) is 13.7. The molecular formula is C39H33ClN4O5. The molecule has 49 heavy (non-hydrogen) atoms. The maximum absolute atomic E-state index is 13.8. The highest BCUT2D eigenvalue weighted by molar-refractivity contribution is 6.31. The van der Waals surface area contributed by atoms with Crippen LogP contribution >= 0.6 is 11.6 Å². The number of hydrogen-bond donors (Lipinski definition) is 0. The number of benzene rings is 4. The van der Waals surface area contributed by atoms with Crippen molar-refractivity contribution in [3.8, 4) is 28.7 Å². The Hall–Kier alpha value is -5.41. The Morgan fingerprint density at radius 2 is 1.80 bits per heavy atom. The van der Waals surface area contributed by atoms with Crippen molar-refractivity contribution >= 4 is 39.1 Å². The van der Waals surface area contributed by atoms with E-state index in [1.165, 1.54) is 0 Å². The molecule has 1 aliphatic carbocycles. The first-order valence-corrected chi connectivity index (χ1v) is 16.4. The van der Waals surface area contributed by atoms with Crippen molar-refractivity contribution < 1.29 is 23.7 Å². The van der Waals surface area contributed by atoms with Crippen molar-refractivity contribution in [2.75, 3.05) is 14.2 Å². The van der Waals surface area contributed by atoms with E-state index in [0.29, 0.717) is 46.4 Å². The van der Waals surface area contributed by atoms with Crippen LogP contribution in [0.1, 0.15) is 49.4 Å². The molecule has 8 rings (SSSR count). The molecule has 0 radical (unpaired) electrons. The molecule has 0 amide bonds. The molecule has 6 aromatic rings. The van der Waals surface area contributed by atoms with Crippen LogP contribution in [0.2, 0.25) is 5.02 Å². The molecule has 2 aliphatic rings. The van der Waals surface area contributed by atoms with Gasteiger partial charge < -0.3 is 18.9 Å². The Morgan fingerprint density at radius 1 is 0.939 bits per heavy atom. The van der Waals surface area contributed by atoms with Gasteiger partial charge in [-0.05, 0) is 82.4 Å². The van der Waals surface area contributed by atoms with Gasteiger partial charge >= 0.3 is 0 Å². The van der Waals surface area contributed by atoms with Gasteiger partial charge in [0.25, 0.3) is 0 Å². The van der Waals surface area contributed by atoms with Crippen molar-refractivity contribution in [2.45, 2.75) is 39.2 Å². The minimum absolute atomic E-state index is 0.102. The Balaban J connectivity index is 1.12. The maximum Gasteiger partial charge on any atom is 0.163 e. The largest absolute Gasteiger partial charge is 0.493 e. The lowest BCUT2D eigenvalue weighted by Gasteiger charge is -2.38. The van der Waals surface area contributed by atoms with Gasteiger partial charge in [0.2, 0.25) is 0 Å². The number of carbonyl (C=O) groups excluding carboxylic acids is 1. The van der Waals surface area contributed by atoms with Gasteiger partial charge in [-0.15, -0.1) is 5.10 Å². The fraction of sp³-hybridized carbons (Fsp3) is 0.231. The molecule has 0 saturated carbocycles. The minimum atomic E-state index is -0.327. The lowest BCUT2D eigenvalue weighted by Crippen LogP contribution is -2.32. The monoisotopic (exact) mass is 672 g/mol. The van der Waals surface area contributed by atoms with Crippen LogP contribution < -0.4 is 18.9 Å². The van der Waals surface area contributed by atoms with Gasteiger partial charge in [0.05, 0.1) is 31.6 Å². The number of rotatable bonds is 7.